The number of methoxy groups -OCH3 is 1. The summed E-state index contributed by atoms with van der Waals surface area (Å²) in [6, 6.07) is 10.8. The van der Waals surface area contributed by atoms with Crippen molar-refractivity contribution < 1.29 is 9.53 Å². The van der Waals surface area contributed by atoms with Gasteiger partial charge in [-0.05, 0) is 42.3 Å². The first-order chi connectivity index (χ1) is 10.2. The molecule has 1 aromatic carbocycles. The summed E-state index contributed by atoms with van der Waals surface area (Å²) in [6.07, 6.45) is 5.05. The number of nitrogens with one attached hydrogen (secondary N) is 2. The molecule has 2 aromatic rings. The summed E-state index contributed by atoms with van der Waals surface area (Å²) in [5.41, 5.74) is 1.97. The zero-order valence-electron chi connectivity index (χ0n) is 12.0. The lowest BCUT2D eigenvalue weighted by molar-refractivity contribution is 0.255. The van der Waals surface area contributed by atoms with Crippen LogP contribution in [0.4, 0.5) is 10.6 Å². The van der Waals surface area contributed by atoms with Gasteiger partial charge in [0.2, 0.25) is 0 Å². The minimum Gasteiger partial charge on any atom is -0.497 e. The molecule has 0 aliphatic heterocycles. The van der Waals surface area contributed by atoms with Gasteiger partial charge in [0.1, 0.15) is 11.6 Å². The highest BCUT2D eigenvalue weighted by atomic mass is 16.5. The van der Waals surface area contributed by atoms with E-state index >= 15 is 0 Å². The topological polar surface area (TPSA) is 63.2 Å². The molecule has 2 N–H and O–H groups in total. The van der Waals surface area contributed by atoms with Crippen molar-refractivity contribution in [1.82, 2.24) is 10.3 Å². The SMILES string of the molecule is COc1cccc(/C=C/NC(=O)Nc2ccc(C)cn2)c1. The molecule has 2 amide bonds. The molecular formula is C16H17N3O2. The van der Waals surface area contributed by atoms with Gasteiger partial charge in [0, 0.05) is 12.4 Å². The standard InChI is InChI=1S/C16H17N3O2/c1-12-6-7-15(18-11-12)19-16(20)17-9-8-13-4-3-5-14(10-13)21-2/h3-11H,1-2H3,(H2,17,18,19,20)/b9-8+. The number of rotatable bonds is 4. The van der Waals surface area contributed by atoms with Gasteiger partial charge in [-0.25, -0.2) is 9.78 Å². The lowest BCUT2D eigenvalue weighted by atomic mass is 10.2. The Labute approximate surface area is 123 Å². The van der Waals surface area contributed by atoms with Gasteiger partial charge in [-0.1, -0.05) is 18.2 Å². The van der Waals surface area contributed by atoms with Gasteiger partial charge in [0.15, 0.2) is 0 Å². The van der Waals surface area contributed by atoms with E-state index in [0.29, 0.717) is 5.82 Å². The number of amides is 2. The number of benzene rings is 1. The number of carbonyl (C=O) groups is 1. The second-order valence-electron chi connectivity index (χ2n) is 4.43. The van der Waals surface area contributed by atoms with Crippen molar-refractivity contribution in [2.45, 2.75) is 6.92 Å². The second kappa shape index (κ2) is 7.09. The molecule has 1 heterocycles. The van der Waals surface area contributed by atoms with Gasteiger partial charge in [0.05, 0.1) is 7.11 Å². The number of aromatic nitrogens is 1. The number of anilines is 1. The van der Waals surface area contributed by atoms with Crippen LogP contribution >= 0.6 is 0 Å². The van der Waals surface area contributed by atoms with Gasteiger partial charge in [-0.3, -0.25) is 5.32 Å². The van der Waals surface area contributed by atoms with E-state index in [4.69, 9.17) is 4.74 Å². The lowest BCUT2D eigenvalue weighted by Gasteiger charge is -2.04. The molecular weight excluding hydrogens is 266 g/mol. The van der Waals surface area contributed by atoms with E-state index in [2.05, 4.69) is 15.6 Å². The van der Waals surface area contributed by atoms with Crippen molar-refractivity contribution in [3.05, 3.63) is 59.9 Å². The molecule has 1 aromatic heterocycles. The summed E-state index contributed by atoms with van der Waals surface area (Å²) < 4.78 is 5.13. The first-order valence-electron chi connectivity index (χ1n) is 6.48. The van der Waals surface area contributed by atoms with Crippen LogP contribution < -0.4 is 15.4 Å². The molecule has 5 heteroatoms. The third-order valence-electron chi connectivity index (χ3n) is 2.74. The van der Waals surface area contributed by atoms with Crippen LogP contribution in [0.15, 0.2) is 48.8 Å². The number of aryl methyl sites for hydroxylation is 1. The van der Waals surface area contributed by atoms with Crippen molar-refractivity contribution in [3.8, 4) is 5.75 Å². The van der Waals surface area contributed by atoms with Crippen LogP contribution in [0.3, 0.4) is 0 Å². The van der Waals surface area contributed by atoms with Crippen LogP contribution in [0.5, 0.6) is 5.75 Å². The molecule has 2 rings (SSSR count). The fourth-order valence-corrected chi connectivity index (χ4v) is 1.65. The summed E-state index contributed by atoms with van der Waals surface area (Å²) in [7, 11) is 1.61. The predicted molar refractivity (Wildman–Crippen MR) is 83.2 cm³/mol. The number of hydrogen-bond donors (Lipinski definition) is 2. The number of ether oxygens (including phenoxy) is 1. The van der Waals surface area contributed by atoms with E-state index in [9.17, 15) is 4.79 Å². The molecule has 0 fully saturated rings. The minimum atomic E-state index is -0.342. The molecule has 0 bridgehead atoms. The number of hydrogen-bond acceptors (Lipinski definition) is 3. The Morgan fingerprint density at radius 3 is 2.86 bits per heavy atom. The zero-order valence-corrected chi connectivity index (χ0v) is 12.0. The first kappa shape index (κ1) is 14.6. The molecule has 0 radical (unpaired) electrons. The first-order valence-corrected chi connectivity index (χ1v) is 6.48. The van der Waals surface area contributed by atoms with E-state index in [1.807, 2.05) is 37.3 Å². The van der Waals surface area contributed by atoms with Gasteiger partial charge in [-0.2, -0.15) is 0 Å². The van der Waals surface area contributed by atoms with Crippen molar-refractivity contribution in [2.24, 2.45) is 0 Å². The number of urea groups is 1. The van der Waals surface area contributed by atoms with Crippen LogP contribution in [0, 0.1) is 6.92 Å². The van der Waals surface area contributed by atoms with E-state index in [-0.39, 0.29) is 6.03 Å². The van der Waals surface area contributed by atoms with E-state index in [1.54, 1.807) is 31.6 Å². The molecule has 0 atom stereocenters. The monoisotopic (exact) mass is 283 g/mol. The zero-order chi connectivity index (χ0) is 15.1. The highest BCUT2D eigenvalue weighted by molar-refractivity contribution is 5.89. The third kappa shape index (κ3) is 4.65. The Morgan fingerprint density at radius 2 is 2.14 bits per heavy atom. The van der Waals surface area contributed by atoms with Crippen LogP contribution in [-0.2, 0) is 0 Å². The molecule has 0 aliphatic carbocycles. The van der Waals surface area contributed by atoms with Crippen LogP contribution in [0.1, 0.15) is 11.1 Å². The Bertz CT molecular complexity index is 636. The van der Waals surface area contributed by atoms with Crippen molar-refractivity contribution in [1.29, 1.82) is 0 Å². The Hall–Kier alpha value is -2.82. The smallest absolute Gasteiger partial charge is 0.324 e. The number of carbonyl (C=O) groups excluding carboxylic acids is 1. The van der Waals surface area contributed by atoms with Gasteiger partial charge >= 0.3 is 6.03 Å². The molecule has 21 heavy (non-hydrogen) atoms. The summed E-state index contributed by atoms with van der Waals surface area (Å²) in [5.74, 6) is 1.28. The average molecular weight is 283 g/mol. The van der Waals surface area contributed by atoms with Crippen LogP contribution in [0.25, 0.3) is 6.08 Å². The Morgan fingerprint density at radius 1 is 1.29 bits per heavy atom. The molecule has 0 saturated carbocycles. The second-order valence-corrected chi connectivity index (χ2v) is 4.43. The number of nitrogens with zero attached hydrogens (tertiary/aromatic N) is 1. The van der Waals surface area contributed by atoms with Crippen LogP contribution in [-0.4, -0.2) is 18.1 Å². The van der Waals surface area contributed by atoms with Gasteiger partial charge < -0.3 is 10.1 Å². The van der Waals surface area contributed by atoms with E-state index < -0.39 is 0 Å². The van der Waals surface area contributed by atoms with Crippen molar-refractivity contribution in [3.63, 3.8) is 0 Å². The highest BCUT2D eigenvalue weighted by Gasteiger charge is 1.99. The van der Waals surface area contributed by atoms with E-state index in [1.165, 1.54) is 0 Å². The molecule has 5 nitrogen and oxygen atoms in total. The maximum atomic E-state index is 11.7. The Kier molecular flexibility index (Phi) is 4.93. The molecule has 108 valence electrons. The maximum Gasteiger partial charge on any atom is 0.324 e. The summed E-state index contributed by atoms with van der Waals surface area (Å²) >= 11 is 0. The maximum absolute atomic E-state index is 11.7. The molecule has 0 unspecified atom stereocenters. The predicted octanol–water partition coefficient (Wildman–Crippen LogP) is 3.19. The lowest BCUT2D eigenvalue weighted by Crippen LogP contribution is -2.24. The van der Waals surface area contributed by atoms with Crippen LogP contribution in [0.2, 0.25) is 0 Å². The molecule has 0 spiro atoms. The Balaban J connectivity index is 1.88. The van der Waals surface area contributed by atoms with Gasteiger partial charge in [0.25, 0.3) is 0 Å². The van der Waals surface area contributed by atoms with Crippen molar-refractivity contribution in [2.75, 3.05) is 12.4 Å². The number of pyridine rings is 1. The van der Waals surface area contributed by atoms with Gasteiger partial charge in [-0.15, -0.1) is 0 Å². The molecule has 0 saturated heterocycles. The normalized spacial score (nSPS) is 10.4. The highest BCUT2D eigenvalue weighted by Crippen LogP contribution is 2.13. The average Bonchev–Trinajstić information content (AvgIpc) is 2.50. The van der Waals surface area contributed by atoms with E-state index in [0.717, 1.165) is 16.9 Å². The fourth-order valence-electron chi connectivity index (χ4n) is 1.65. The minimum absolute atomic E-state index is 0.342. The summed E-state index contributed by atoms with van der Waals surface area (Å²) in [6.45, 7) is 1.94. The quantitative estimate of drug-likeness (QED) is 0.905. The van der Waals surface area contributed by atoms with Crippen molar-refractivity contribution >= 4 is 17.9 Å². The fraction of sp³-hybridized carbons (Fsp3) is 0.125. The molecule has 0 aliphatic rings. The summed E-state index contributed by atoms with van der Waals surface area (Å²) in [4.78, 5) is 15.8. The third-order valence-corrected chi connectivity index (χ3v) is 2.74. The largest absolute Gasteiger partial charge is 0.497 e. The summed E-state index contributed by atoms with van der Waals surface area (Å²) in [5, 5.41) is 5.26.